The largest absolute Gasteiger partial charge is 0.490 e. The summed E-state index contributed by atoms with van der Waals surface area (Å²) in [6.07, 6.45) is 7.57. The first-order valence-corrected chi connectivity index (χ1v) is 8.90. The van der Waals surface area contributed by atoms with Crippen LogP contribution in [0.3, 0.4) is 0 Å². The van der Waals surface area contributed by atoms with Crippen LogP contribution in [0.2, 0.25) is 0 Å². The Bertz CT molecular complexity index is 618. The number of imidazole rings is 1. The summed E-state index contributed by atoms with van der Waals surface area (Å²) in [6.45, 7) is 5.13. The summed E-state index contributed by atoms with van der Waals surface area (Å²) in [5.41, 5.74) is 1.19. The molecule has 2 aromatic rings. The molecule has 0 saturated carbocycles. The molecule has 5 heteroatoms. The Morgan fingerprint density at radius 1 is 1.25 bits per heavy atom. The van der Waals surface area contributed by atoms with E-state index in [0.717, 1.165) is 50.5 Å². The normalized spacial score (nSPS) is 16.4. The number of aryl methyl sites for hydroxylation is 1. The molecule has 0 spiro atoms. The molecule has 1 aromatic carbocycles. The van der Waals surface area contributed by atoms with E-state index in [4.69, 9.17) is 4.74 Å². The molecule has 0 amide bonds. The third-order valence-corrected chi connectivity index (χ3v) is 4.49. The zero-order valence-corrected chi connectivity index (χ0v) is 14.3. The molecule has 4 nitrogen and oxygen atoms in total. The van der Waals surface area contributed by atoms with E-state index in [1.807, 2.05) is 6.20 Å². The third kappa shape index (κ3) is 4.81. The molecule has 1 saturated heterocycles. The fraction of sp³-hybridized carbons (Fsp3) is 0.526. The second-order valence-electron chi connectivity index (χ2n) is 6.51. The fourth-order valence-electron chi connectivity index (χ4n) is 3.09. The van der Waals surface area contributed by atoms with Crippen LogP contribution in [0.4, 0.5) is 4.39 Å². The van der Waals surface area contributed by atoms with Crippen molar-refractivity contribution in [3.05, 3.63) is 47.8 Å². The standard InChI is InChI=1S/C19H26FN3O/c1-2-3-4-19-21-13-16(22-19)14-23-11-9-18(10-12-23)24-17-7-5-15(20)6-8-17/h5-8,13,18H,2-4,9-12,14H2,1H3,(H,21,22). The van der Waals surface area contributed by atoms with Crippen LogP contribution in [-0.4, -0.2) is 34.1 Å². The van der Waals surface area contributed by atoms with Gasteiger partial charge in [-0.25, -0.2) is 9.37 Å². The lowest BCUT2D eigenvalue weighted by Gasteiger charge is -2.31. The maximum Gasteiger partial charge on any atom is 0.123 e. The van der Waals surface area contributed by atoms with E-state index < -0.39 is 0 Å². The number of piperidine rings is 1. The van der Waals surface area contributed by atoms with Gasteiger partial charge in [0.25, 0.3) is 0 Å². The Balaban J connectivity index is 1.43. The van der Waals surface area contributed by atoms with Crippen LogP contribution in [0.5, 0.6) is 5.75 Å². The molecule has 0 atom stereocenters. The number of hydrogen-bond donors (Lipinski definition) is 1. The van der Waals surface area contributed by atoms with E-state index in [1.54, 1.807) is 12.1 Å². The third-order valence-electron chi connectivity index (χ3n) is 4.49. The Morgan fingerprint density at radius 2 is 2.00 bits per heavy atom. The van der Waals surface area contributed by atoms with Gasteiger partial charge in [-0.2, -0.15) is 0 Å². The van der Waals surface area contributed by atoms with E-state index >= 15 is 0 Å². The van der Waals surface area contributed by atoms with Gasteiger partial charge in [-0.3, -0.25) is 4.90 Å². The van der Waals surface area contributed by atoms with Gasteiger partial charge in [-0.05, 0) is 43.5 Å². The molecule has 2 heterocycles. The highest BCUT2D eigenvalue weighted by Gasteiger charge is 2.21. The van der Waals surface area contributed by atoms with Gasteiger partial charge in [-0.1, -0.05) is 13.3 Å². The maximum atomic E-state index is 12.9. The number of H-pyrrole nitrogens is 1. The number of unbranched alkanes of at least 4 members (excludes halogenated alkanes) is 1. The van der Waals surface area contributed by atoms with Crippen molar-refractivity contribution in [1.82, 2.24) is 14.9 Å². The lowest BCUT2D eigenvalue weighted by molar-refractivity contribution is 0.0961. The smallest absolute Gasteiger partial charge is 0.123 e. The monoisotopic (exact) mass is 331 g/mol. The average Bonchev–Trinajstić information content (AvgIpc) is 3.04. The van der Waals surface area contributed by atoms with E-state index in [9.17, 15) is 4.39 Å². The minimum absolute atomic E-state index is 0.216. The van der Waals surface area contributed by atoms with E-state index in [0.29, 0.717) is 0 Å². The second kappa shape index (κ2) is 8.29. The number of likely N-dealkylation sites (tertiary alicyclic amines) is 1. The van der Waals surface area contributed by atoms with Crippen molar-refractivity contribution >= 4 is 0 Å². The Hall–Kier alpha value is -1.88. The van der Waals surface area contributed by atoms with Crippen LogP contribution in [0.25, 0.3) is 0 Å². The molecule has 24 heavy (non-hydrogen) atoms. The van der Waals surface area contributed by atoms with Gasteiger partial charge in [0.2, 0.25) is 0 Å². The van der Waals surface area contributed by atoms with Crippen molar-refractivity contribution in [3.8, 4) is 5.75 Å². The summed E-state index contributed by atoms with van der Waals surface area (Å²) in [4.78, 5) is 10.3. The zero-order valence-electron chi connectivity index (χ0n) is 14.3. The minimum Gasteiger partial charge on any atom is -0.490 e. The molecule has 0 unspecified atom stereocenters. The second-order valence-corrected chi connectivity index (χ2v) is 6.51. The van der Waals surface area contributed by atoms with Gasteiger partial charge in [0.05, 0.1) is 0 Å². The van der Waals surface area contributed by atoms with Gasteiger partial charge in [0, 0.05) is 37.9 Å². The number of nitrogens with zero attached hydrogens (tertiary/aromatic N) is 2. The van der Waals surface area contributed by atoms with Crippen LogP contribution >= 0.6 is 0 Å². The Morgan fingerprint density at radius 3 is 2.71 bits per heavy atom. The molecule has 1 N–H and O–H groups in total. The predicted molar refractivity (Wildman–Crippen MR) is 92.5 cm³/mol. The van der Waals surface area contributed by atoms with Crippen molar-refractivity contribution in [1.29, 1.82) is 0 Å². The number of hydrogen-bond acceptors (Lipinski definition) is 3. The van der Waals surface area contributed by atoms with Gasteiger partial charge >= 0.3 is 0 Å². The Kier molecular flexibility index (Phi) is 5.86. The molecule has 1 aromatic heterocycles. The summed E-state index contributed by atoms with van der Waals surface area (Å²) in [7, 11) is 0. The molecule has 0 radical (unpaired) electrons. The number of halogens is 1. The molecule has 3 rings (SSSR count). The minimum atomic E-state index is -0.227. The number of rotatable bonds is 7. The number of aromatic nitrogens is 2. The van der Waals surface area contributed by atoms with Crippen LogP contribution in [0, 0.1) is 5.82 Å². The van der Waals surface area contributed by atoms with Crippen molar-refractivity contribution in [2.24, 2.45) is 0 Å². The fourth-order valence-corrected chi connectivity index (χ4v) is 3.09. The number of nitrogens with one attached hydrogen (secondary N) is 1. The summed E-state index contributed by atoms with van der Waals surface area (Å²) in [5.74, 6) is 1.63. The lowest BCUT2D eigenvalue weighted by atomic mass is 10.1. The molecule has 1 aliphatic rings. The van der Waals surface area contributed by atoms with Gasteiger partial charge in [0.1, 0.15) is 23.5 Å². The predicted octanol–water partition coefficient (Wildman–Crippen LogP) is 3.93. The highest BCUT2D eigenvalue weighted by molar-refractivity contribution is 5.22. The van der Waals surface area contributed by atoms with Crippen LogP contribution < -0.4 is 4.74 Å². The van der Waals surface area contributed by atoms with Crippen molar-refractivity contribution in [3.63, 3.8) is 0 Å². The van der Waals surface area contributed by atoms with Crippen LogP contribution in [-0.2, 0) is 13.0 Å². The van der Waals surface area contributed by atoms with E-state index in [-0.39, 0.29) is 11.9 Å². The first-order valence-electron chi connectivity index (χ1n) is 8.90. The Labute approximate surface area is 143 Å². The summed E-state index contributed by atoms with van der Waals surface area (Å²) in [6, 6.07) is 6.28. The molecular weight excluding hydrogens is 305 g/mol. The highest BCUT2D eigenvalue weighted by atomic mass is 19.1. The quantitative estimate of drug-likeness (QED) is 0.835. The zero-order chi connectivity index (χ0) is 16.8. The lowest BCUT2D eigenvalue weighted by Crippen LogP contribution is -2.37. The van der Waals surface area contributed by atoms with Gasteiger partial charge in [0.15, 0.2) is 0 Å². The summed E-state index contributed by atoms with van der Waals surface area (Å²) in [5, 5.41) is 0. The first kappa shape index (κ1) is 17.0. The maximum absolute atomic E-state index is 12.9. The average molecular weight is 331 g/mol. The van der Waals surface area contributed by atoms with E-state index in [1.165, 1.54) is 30.7 Å². The van der Waals surface area contributed by atoms with Gasteiger partial charge in [-0.15, -0.1) is 0 Å². The number of ether oxygens (including phenoxy) is 1. The van der Waals surface area contributed by atoms with Crippen LogP contribution in [0.1, 0.15) is 44.1 Å². The molecule has 0 bridgehead atoms. The van der Waals surface area contributed by atoms with Crippen molar-refractivity contribution in [2.45, 2.75) is 51.7 Å². The molecule has 1 aliphatic heterocycles. The van der Waals surface area contributed by atoms with Gasteiger partial charge < -0.3 is 9.72 Å². The summed E-state index contributed by atoms with van der Waals surface area (Å²) >= 11 is 0. The van der Waals surface area contributed by atoms with Crippen LogP contribution in [0.15, 0.2) is 30.5 Å². The number of aromatic amines is 1. The SMILES string of the molecule is CCCCc1ncc(CN2CCC(Oc3ccc(F)cc3)CC2)[nH]1. The highest BCUT2D eigenvalue weighted by Crippen LogP contribution is 2.20. The molecule has 1 fully saturated rings. The van der Waals surface area contributed by atoms with Crippen molar-refractivity contribution in [2.75, 3.05) is 13.1 Å². The first-order chi connectivity index (χ1) is 11.7. The molecule has 130 valence electrons. The van der Waals surface area contributed by atoms with Crippen molar-refractivity contribution < 1.29 is 9.13 Å². The van der Waals surface area contributed by atoms with E-state index in [2.05, 4.69) is 21.8 Å². The molecular formula is C19H26FN3O. The summed E-state index contributed by atoms with van der Waals surface area (Å²) < 4.78 is 18.9. The topological polar surface area (TPSA) is 41.2 Å². The molecule has 0 aliphatic carbocycles. The number of benzene rings is 1.